The Morgan fingerprint density at radius 1 is 0.968 bits per heavy atom. The summed E-state index contributed by atoms with van der Waals surface area (Å²) < 4.78 is 19.8. The topological polar surface area (TPSA) is 49.8 Å². The van der Waals surface area contributed by atoms with Crippen molar-refractivity contribution in [1.29, 1.82) is 5.26 Å². The number of nitriles is 1. The zero-order chi connectivity index (χ0) is 21.2. The lowest BCUT2D eigenvalue weighted by atomic mass is 10.1. The highest BCUT2D eigenvalue weighted by atomic mass is 32.1. The van der Waals surface area contributed by atoms with Crippen LogP contribution in [0.15, 0.2) is 88.7 Å². The molecule has 0 aliphatic heterocycles. The maximum absolute atomic E-state index is 14.0. The summed E-state index contributed by atoms with van der Waals surface area (Å²) in [6.45, 7) is 0. The van der Waals surface area contributed by atoms with Crippen LogP contribution in [-0.4, -0.2) is 4.98 Å². The van der Waals surface area contributed by atoms with Crippen LogP contribution >= 0.6 is 11.3 Å². The number of rotatable bonds is 4. The average Bonchev–Trinajstić information content (AvgIpc) is 3.47. The van der Waals surface area contributed by atoms with Gasteiger partial charge in [-0.3, -0.25) is 0 Å². The van der Waals surface area contributed by atoms with E-state index in [0.717, 1.165) is 16.6 Å². The van der Waals surface area contributed by atoms with Crippen LogP contribution in [0.5, 0.6) is 0 Å². The molecule has 31 heavy (non-hydrogen) atoms. The largest absolute Gasteiger partial charge is 0.457 e. The predicted molar refractivity (Wildman–Crippen MR) is 123 cm³/mol. The molecule has 0 spiro atoms. The van der Waals surface area contributed by atoms with E-state index < -0.39 is 0 Å². The number of allylic oxidation sites excluding steroid dienone is 1. The van der Waals surface area contributed by atoms with Gasteiger partial charge in [-0.15, -0.1) is 11.3 Å². The van der Waals surface area contributed by atoms with Gasteiger partial charge in [0.05, 0.1) is 16.8 Å². The summed E-state index contributed by atoms with van der Waals surface area (Å²) in [4.78, 5) is 4.66. The minimum Gasteiger partial charge on any atom is -0.457 e. The molecule has 5 aromatic rings. The zero-order valence-corrected chi connectivity index (χ0v) is 17.1. The van der Waals surface area contributed by atoms with Crippen LogP contribution in [0.3, 0.4) is 0 Å². The molecular weight excluding hydrogens is 407 g/mol. The summed E-state index contributed by atoms with van der Waals surface area (Å²) in [5.74, 6) is 0.530. The van der Waals surface area contributed by atoms with Gasteiger partial charge in [-0.25, -0.2) is 9.37 Å². The molecule has 0 unspecified atom stereocenters. The third-order valence-corrected chi connectivity index (χ3v) is 5.83. The van der Waals surface area contributed by atoms with E-state index in [1.807, 2.05) is 23.6 Å². The summed E-state index contributed by atoms with van der Waals surface area (Å²) in [6, 6.07) is 26.4. The Labute approximate surface area is 182 Å². The highest BCUT2D eigenvalue weighted by Crippen LogP contribution is 2.31. The Hall–Kier alpha value is -4.01. The van der Waals surface area contributed by atoms with Crippen molar-refractivity contribution in [3.8, 4) is 28.7 Å². The Bertz CT molecular complexity index is 1470. The van der Waals surface area contributed by atoms with Crippen LogP contribution in [0, 0.1) is 17.1 Å². The molecule has 0 atom stereocenters. The monoisotopic (exact) mass is 422 g/mol. The van der Waals surface area contributed by atoms with Crippen LogP contribution < -0.4 is 0 Å². The van der Waals surface area contributed by atoms with E-state index in [2.05, 4.69) is 35.3 Å². The highest BCUT2D eigenvalue weighted by Gasteiger charge is 2.12. The quantitative estimate of drug-likeness (QED) is 0.283. The normalized spacial score (nSPS) is 11.5. The summed E-state index contributed by atoms with van der Waals surface area (Å²) in [5, 5.41) is 14.5. The molecule has 0 bridgehead atoms. The maximum Gasteiger partial charge on any atom is 0.137 e. The Morgan fingerprint density at radius 3 is 2.61 bits per heavy atom. The molecule has 2 aromatic heterocycles. The van der Waals surface area contributed by atoms with E-state index in [9.17, 15) is 9.65 Å². The molecule has 0 fully saturated rings. The molecule has 0 saturated heterocycles. The second-order valence-electron chi connectivity index (χ2n) is 6.95. The van der Waals surface area contributed by atoms with Gasteiger partial charge in [-0.1, -0.05) is 48.5 Å². The van der Waals surface area contributed by atoms with E-state index >= 15 is 0 Å². The van der Waals surface area contributed by atoms with Gasteiger partial charge >= 0.3 is 0 Å². The Balaban J connectivity index is 1.46. The highest BCUT2D eigenvalue weighted by molar-refractivity contribution is 7.11. The number of thiazole rings is 1. The van der Waals surface area contributed by atoms with Crippen LogP contribution in [0.2, 0.25) is 0 Å². The van der Waals surface area contributed by atoms with Crippen molar-refractivity contribution in [3.63, 3.8) is 0 Å². The van der Waals surface area contributed by atoms with Gasteiger partial charge in [-0.2, -0.15) is 5.26 Å². The molecule has 0 aliphatic rings. The van der Waals surface area contributed by atoms with Gasteiger partial charge in [0.15, 0.2) is 0 Å². The number of hydrogen-bond acceptors (Lipinski definition) is 4. The molecule has 5 rings (SSSR count). The van der Waals surface area contributed by atoms with Crippen molar-refractivity contribution < 1.29 is 8.81 Å². The van der Waals surface area contributed by atoms with Gasteiger partial charge in [0, 0.05) is 17.0 Å². The van der Waals surface area contributed by atoms with Crippen molar-refractivity contribution >= 4 is 33.8 Å². The minimum absolute atomic E-state index is 0.354. The van der Waals surface area contributed by atoms with Crippen molar-refractivity contribution in [2.45, 2.75) is 0 Å². The van der Waals surface area contributed by atoms with Gasteiger partial charge in [0.2, 0.25) is 0 Å². The Kier molecular flexibility index (Phi) is 4.91. The number of furan rings is 1. The number of nitrogens with zero attached hydrogens (tertiary/aromatic N) is 2. The fourth-order valence-corrected chi connectivity index (χ4v) is 4.19. The molecule has 2 heterocycles. The first-order valence-corrected chi connectivity index (χ1v) is 10.5. The molecule has 0 N–H and O–H groups in total. The van der Waals surface area contributed by atoms with Gasteiger partial charge in [-0.05, 0) is 41.1 Å². The van der Waals surface area contributed by atoms with Gasteiger partial charge in [0.1, 0.15) is 28.4 Å². The summed E-state index contributed by atoms with van der Waals surface area (Å²) in [5.41, 5.74) is 2.59. The number of fused-ring (bicyclic) bond motifs is 1. The fraction of sp³-hybridized carbons (Fsp3) is 0. The van der Waals surface area contributed by atoms with E-state index in [-0.39, 0.29) is 5.82 Å². The van der Waals surface area contributed by atoms with Crippen molar-refractivity contribution in [2.24, 2.45) is 0 Å². The van der Waals surface area contributed by atoms with Crippen LogP contribution in [0.1, 0.15) is 10.8 Å². The third kappa shape index (κ3) is 3.77. The fourth-order valence-electron chi connectivity index (χ4n) is 3.40. The zero-order valence-electron chi connectivity index (χ0n) is 16.2. The molecule has 3 aromatic carbocycles. The van der Waals surface area contributed by atoms with E-state index in [0.29, 0.717) is 27.7 Å². The van der Waals surface area contributed by atoms with Gasteiger partial charge < -0.3 is 4.42 Å². The summed E-state index contributed by atoms with van der Waals surface area (Å²) in [7, 11) is 0. The molecule has 5 heteroatoms. The second-order valence-corrected chi connectivity index (χ2v) is 7.81. The molecule has 0 radical (unpaired) electrons. The molecule has 148 valence electrons. The van der Waals surface area contributed by atoms with Crippen molar-refractivity contribution in [2.75, 3.05) is 0 Å². The SMILES string of the molecule is N#C/C(=C\c1ccc(-c2ccccc2F)o1)c1nc(-c2ccc3ccccc3c2)cs1. The molecule has 0 saturated carbocycles. The van der Waals surface area contributed by atoms with Crippen LogP contribution in [-0.2, 0) is 0 Å². The lowest BCUT2D eigenvalue weighted by Gasteiger charge is -2.01. The average molecular weight is 422 g/mol. The van der Waals surface area contributed by atoms with Crippen molar-refractivity contribution in [1.82, 2.24) is 4.98 Å². The standard InChI is InChI=1S/C26H15FN2OS/c27-23-8-4-3-7-22(23)25-12-11-21(30-25)14-20(15-28)26-29-24(16-31-26)19-10-9-17-5-1-2-6-18(17)13-19/h1-14,16H/b20-14+. The van der Waals surface area contributed by atoms with Crippen molar-refractivity contribution in [3.05, 3.63) is 101 Å². The number of hydrogen-bond donors (Lipinski definition) is 0. The molecule has 0 amide bonds. The maximum atomic E-state index is 14.0. The second kappa shape index (κ2) is 8.02. The lowest BCUT2D eigenvalue weighted by Crippen LogP contribution is -1.83. The predicted octanol–water partition coefficient (Wildman–Crippen LogP) is 7.43. The number of benzene rings is 3. The van der Waals surface area contributed by atoms with E-state index in [1.165, 1.54) is 22.8 Å². The Morgan fingerprint density at radius 2 is 1.77 bits per heavy atom. The smallest absolute Gasteiger partial charge is 0.137 e. The minimum atomic E-state index is -0.354. The van der Waals surface area contributed by atoms with E-state index in [1.54, 1.807) is 36.4 Å². The van der Waals surface area contributed by atoms with Crippen LogP contribution in [0.4, 0.5) is 4.39 Å². The molecule has 0 aliphatic carbocycles. The first-order valence-electron chi connectivity index (χ1n) is 9.63. The van der Waals surface area contributed by atoms with Crippen LogP contribution in [0.25, 0.3) is 45.0 Å². The molecule has 3 nitrogen and oxygen atoms in total. The lowest BCUT2D eigenvalue weighted by molar-refractivity contribution is 0.561. The number of aromatic nitrogens is 1. The van der Waals surface area contributed by atoms with E-state index in [4.69, 9.17) is 4.42 Å². The molecular formula is C26H15FN2OS. The third-order valence-electron chi connectivity index (χ3n) is 4.95. The number of halogens is 1. The first-order chi connectivity index (χ1) is 15.2. The summed E-state index contributed by atoms with van der Waals surface area (Å²) in [6.07, 6.45) is 1.63. The van der Waals surface area contributed by atoms with Gasteiger partial charge in [0.25, 0.3) is 0 Å². The summed E-state index contributed by atoms with van der Waals surface area (Å²) >= 11 is 1.40. The first kappa shape index (κ1) is 19.0.